The Morgan fingerprint density at radius 2 is 2.16 bits per heavy atom. The Bertz CT molecular complexity index is 515. The molecular weight excluding hydrogens is 262 g/mol. The largest absolute Gasteiger partial charge is 0.481 e. The number of likely N-dealkylation sites (tertiary alicyclic amines) is 1. The first-order valence-corrected chi connectivity index (χ1v) is 7.42. The molecule has 1 aromatic rings. The minimum absolute atomic E-state index is 0.0582. The van der Waals surface area contributed by atoms with Crippen molar-refractivity contribution in [2.45, 2.75) is 18.2 Å². The summed E-state index contributed by atoms with van der Waals surface area (Å²) < 4.78 is 0. The third-order valence-corrected chi connectivity index (χ3v) is 4.23. The van der Waals surface area contributed by atoms with Crippen LogP contribution in [0, 0.1) is 12.8 Å². The summed E-state index contributed by atoms with van der Waals surface area (Å²) in [6.07, 6.45) is 2.51. The number of amides is 1. The number of thioether (sulfide) groups is 1. The number of carbonyl (C=O) groups is 2. The van der Waals surface area contributed by atoms with Crippen LogP contribution in [0.3, 0.4) is 0 Å². The van der Waals surface area contributed by atoms with E-state index in [1.807, 2.05) is 31.4 Å². The van der Waals surface area contributed by atoms with E-state index < -0.39 is 11.9 Å². The molecule has 19 heavy (non-hydrogen) atoms. The van der Waals surface area contributed by atoms with Gasteiger partial charge in [-0.3, -0.25) is 9.59 Å². The molecule has 0 bridgehead atoms. The summed E-state index contributed by atoms with van der Waals surface area (Å²) in [6.45, 7) is 2.75. The van der Waals surface area contributed by atoms with E-state index in [1.165, 1.54) is 0 Å². The van der Waals surface area contributed by atoms with Gasteiger partial charge in [-0.15, -0.1) is 11.8 Å². The van der Waals surface area contributed by atoms with Crippen LogP contribution in [-0.2, 0) is 4.79 Å². The molecule has 102 valence electrons. The molecule has 1 saturated heterocycles. The zero-order valence-electron chi connectivity index (χ0n) is 11.0. The van der Waals surface area contributed by atoms with Crippen LogP contribution in [0.4, 0.5) is 0 Å². The summed E-state index contributed by atoms with van der Waals surface area (Å²) in [5.41, 5.74) is 1.61. The van der Waals surface area contributed by atoms with Crippen LogP contribution >= 0.6 is 11.8 Å². The molecule has 1 amide bonds. The van der Waals surface area contributed by atoms with Gasteiger partial charge in [0.05, 0.1) is 5.92 Å². The van der Waals surface area contributed by atoms with Gasteiger partial charge in [-0.05, 0) is 37.3 Å². The third kappa shape index (κ3) is 2.92. The SMILES string of the molecule is CSc1ccc(C)c(C(=O)N2CCC(C(=O)O)C2)c1. The van der Waals surface area contributed by atoms with Gasteiger partial charge in [-0.2, -0.15) is 0 Å². The van der Waals surface area contributed by atoms with Gasteiger partial charge in [0.1, 0.15) is 0 Å². The zero-order valence-corrected chi connectivity index (χ0v) is 11.9. The second kappa shape index (κ2) is 5.65. The minimum atomic E-state index is -0.815. The molecule has 1 heterocycles. The molecule has 0 radical (unpaired) electrons. The van der Waals surface area contributed by atoms with Crippen molar-refractivity contribution < 1.29 is 14.7 Å². The Morgan fingerprint density at radius 1 is 1.42 bits per heavy atom. The highest BCUT2D eigenvalue weighted by Crippen LogP contribution is 2.23. The summed E-state index contributed by atoms with van der Waals surface area (Å²) >= 11 is 1.59. The predicted octanol–water partition coefficient (Wildman–Crippen LogP) is 2.26. The monoisotopic (exact) mass is 279 g/mol. The molecular formula is C14H17NO3S. The molecule has 0 aromatic heterocycles. The van der Waals surface area contributed by atoms with Gasteiger partial charge >= 0.3 is 5.97 Å². The summed E-state index contributed by atoms with van der Waals surface area (Å²) in [5.74, 6) is -1.30. The van der Waals surface area contributed by atoms with Crippen molar-refractivity contribution in [3.8, 4) is 0 Å². The summed E-state index contributed by atoms with van der Waals surface area (Å²) in [7, 11) is 0. The van der Waals surface area contributed by atoms with Gasteiger partial charge in [0.15, 0.2) is 0 Å². The fourth-order valence-electron chi connectivity index (χ4n) is 2.28. The molecule has 1 aromatic carbocycles. The normalized spacial score (nSPS) is 18.6. The minimum Gasteiger partial charge on any atom is -0.481 e. The lowest BCUT2D eigenvalue weighted by atomic mass is 10.1. The van der Waals surface area contributed by atoms with Crippen LogP contribution in [0.25, 0.3) is 0 Å². The van der Waals surface area contributed by atoms with Crippen molar-refractivity contribution in [3.63, 3.8) is 0 Å². The van der Waals surface area contributed by atoms with E-state index in [-0.39, 0.29) is 5.91 Å². The number of nitrogens with zero attached hydrogens (tertiary/aromatic N) is 1. The second-order valence-corrected chi connectivity index (χ2v) is 5.64. The van der Waals surface area contributed by atoms with E-state index in [0.717, 1.165) is 10.5 Å². The summed E-state index contributed by atoms with van der Waals surface area (Å²) in [5, 5.41) is 8.98. The van der Waals surface area contributed by atoms with Crippen LogP contribution in [-0.4, -0.2) is 41.2 Å². The molecule has 5 heteroatoms. The van der Waals surface area contributed by atoms with Gasteiger partial charge in [0.2, 0.25) is 0 Å². The molecule has 1 aliphatic rings. The van der Waals surface area contributed by atoms with Gasteiger partial charge in [-0.1, -0.05) is 6.07 Å². The fraction of sp³-hybridized carbons (Fsp3) is 0.429. The number of carbonyl (C=O) groups excluding carboxylic acids is 1. The lowest BCUT2D eigenvalue weighted by Crippen LogP contribution is -2.30. The highest BCUT2D eigenvalue weighted by Gasteiger charge is 2.31. The number of benzene rings is 1. The molecule has 0 saturated carbocycles. The Hall–Kier alpha value is -1.49. The molecule has 1 aliphatic heterocycles. The Labute approximate surface area is 116 Å². The highest BCUT2D eigenvalue weighted by molar-refractivity contribution is 7.98. The zero-order chi connectivity index (χ0) is 14.0. The van der Waals surface area contributed by atoms with E-state index in [9.17, 15) is 9.59 Å². The number of aliphatic carboxylic acids is 1. The first kappa shape index (κ1) is 13.9. The van der Waals surface area contributed by atoms with Crippen LogP contribution in [0.5, 0.6) is 0 Å². The van der Waals surface area contributed by atoms with E-state index >= 15 is 0 Å². The molecule has 1 unspecified atom stereocenters. The van der Waals surface area contributed by atoms with Gasteiger partial charge in [0, 0.05) is 23.5 Å². The number of hydrogen-bond donors (Lipinski definition) is 1. The van der Waals surface area contributed by atoms with Crippen molar-refractivity contribution in [1.82, 2.24) is 4.90 Å². The molecule has 1 N–H and O–H groups in total. The molecule has 1 atom stereocenters. The Kier molecular flexibility index (Phi) is 4.14. The maximum atomic E-state index is 12.4. The van der Waals surface area contributed by atoms with E-state index in [4.69, 9.17) is 5.11 Å². The Morgan fingerprint density at radius 3 is 2.74 bits per heavy atom. The quantitative estimate of drug-likeness (QED) is 0.862. The average Bonchev–Trinajstić information content (AvgIpc) is 2.88. The van der Waals surface area contributed by atoms with Gasteiger partial charge in [-0.25, -0.2) is 0 Å². The standard InChI is InChI=1S/C14H17NO3S/c1-9-3-4-11(19-2)7-12(9)13(16)15-6-5-10(8-15)14(17)18/h3-4,7,10H,5-6,8H2,1-2H3,(H,17,18). The van der Waals surface area contributed by atoms with Crippen molar-refractivity contribution in [3.05, 3.63) is 29.3 Å². The van der Waals surface area contributed by atoms with E-state index in [2.05, 4.69) is 0 Å². The van der Waals surface area contributed by atoms with Gasteiger partial charge in [0.25, 0.3) is 5.91 Å². The van der Waals surface area contributed by atoms with E-state index in [0.29, 0.717) is 25.1 Å². The van der Waals surface area contributed by atoms with Crippen molar-refractivity contribution in [1.29, 1.82) is 0 Å². The van der Waals surface area contributed by atoms with Crippen LogP contribution in [0.2, 0.25) is 0 Å². The number of hydrogen-bond acceptors (Lipinski definition) is 3. The third-order valence-electron chi connectivity index (χ3n) is 3.50. The highest BCUT2D eigenvalue weighted by atomic mass is 32.2. The van der Waals surface area contributed by atoms with Crippen LogP contribution in [0.15, 0.2) is 23.1 Å². The smallest absolute Gasteiger partial charge is 0.308 e. The molecule has 4 nitrogen and oxygen atoms in total. The molecule has 1 fully saturated rings. The topological polar surface area (TPSA) is 57.6 Å². The molecule has 2 rings (SSSR count). The van der Waals surface area contributed by atoms with Crippen LogP contribution < -0.4 is 0 Å². The van der Waals surface area contributed by atoms with Gasteiger partial charge < -0.3 is 10.0 Å². The van der Waals surface area contributed by atoms with Crippen molar-refractivity contribution >= 4 is 23.6 Å². The maximum Gasteiger partial charge on any atom is 0.308 e. The predicted molar refractivity (Wildman–Crippen MR) is 74.6 cm³/mol. The lowest BCUT2D eigenvalue weighted by Gasteiger charge is -2.17. The maximum absolute atomic E-state index is 12.4. The fourth-order valence-corrected chi connectivity index (χ4v) is 2.71. The molecule has 0 spiro atoms. The number of rotatable bonds is 3. The first-order valence-electron chi connectivity index (χ1n) is 6.19. The van der Waals surface area contributed by atoms with Crippen molar-refractivity contribution in [2.24, 2.45) is 5.92 Å². The lowest BCUT2D eigenvalue weighted by molar-refractivity contribution is -0.141. The Balaban J connectivity index is 2.18. The summed E-state index contributed by atoms with van der Waals surface area (Å²) in [6, 6.07) is 5.81. The number of carboxylic acids is 1. The molecule has 0 aliphatic carbocycles. The second-order valence-electron chi connectivity index (χ2n) is 4.76. The average molecular weight is 279 g/mol. The summed E-state index contributed by atoms with van der Waals surface area (Å²) in [4.78, 5) is 26.0. The number of carboxylic acid groups (broad SMARTS) is 1. The van der Waals surface area contributed by atoms with E-state index in [1.54, 1.807) is 16.7 Å². The van der Waals surface area contributed by atoms with Crippen molar-refractivity contribution in [2.75, 3.05) is 19.3 Å². The number of aryl methyl sites for hydroxylation is 1. The van der Waals surface area contributed by atoms with Crippen LogP contribution in [0.1, 0.15) is 22.3 Å². The first-order chi connectivity index (χ1) is 9.02.